The summed E-state index contributed by atoms with van der Waals surface area (Å²) in [5, 5.41) is 10.7. The van der Waals surface area contributed by atoms with E-state index in [4.69, 9.17) is 9.47 Å². The second kappa shape index (κ2) is 6.13. The quantitative estimate of drug-likeness (QED) is 0.881. The molecular weight excluding hydrogens is 280 g/mol. The van der Waals surface area contributed by atoms with E-state index in [1.54, 1.807) is 12.1 Å². The zero-order chi connectivity index (χ0) is 15.5. The number of methoxy groups -OCH3 is 1. The Morgan fingerprint density at radius 2 is 1.64 bits per heavy atom. The van der Waals surface area contributed by atoms with Gasteiger partial charge in [-0.3, -0.25) is 0 Å². The molecule has 1 aliphatic rings. The molecule has 1 heterocycles. The number of hydrogen-bond donors (Lipinski definition) is 1. The first-order valence-electron chi connectivity index (χ1n) is 6.98. The lowest BCUT2D eigenvalue weighted by Gasteiger charge is -2.18. The van der Waals surface area contributed by atoms with Crippen LogP contribution in [0.25, 0.3) is 5.57 Å². The van der Waals surface area contributed by atoms with Crippen LogP contribution in [0.4, 0.5) is 0 Å². The van der Waals surface area contributed by atoms with Crippen LogP contribution >= 0.6 is 0 Å². The van der Waals surface area contributed by atoms with Crippen molar-refractivity contribution in [2.45, 2.75) is 12.4 Å². The van der Waals surface area contributed by atoms with Crippen LogP contribution in [0.1, 0.15) is 17.2 Å². The lowest BCUT2D eigenvalue weighted by atomic mass is 9.94. The molecule has 22 heavy (non-hydrogen) atoms. The maximum atomic E-state index is 12.2. The van der Waals surface area contributed by atoms with Crippen LogP contribution in [0.2, 0.25) is 0 Å². The molecule has 0 radical (unpaired) electrons. The first-order valence-corrected chi connectivity index (χ1v) is 6.98. The Labute approximate surface area is 128 Å². The van der Waals surface area contributed by atoms with E-state index >= 15 is 0 Å². The van der Waals surface area contributed by atoms with Crippen LogP contribution in [0, 0.1) is 0 Å². The highest BCUT2D eigenvalue weighted by Crippen LogP contribution is 2.38. The van der Waals surface area contributed by atoms with Crippen molar-refractivity contribution in [1.29, 1.82) is 0 Å². The maximum absolute atomic E-state index is 12.2. The highest BCUT2D eigenvalue weighted by Gasteiger charge is 2.39. The number of carbonyl (C=O) groups excluding carboxylic acids is 1. The number of benzene rings is 2. The fourth-order valence-electron chi connectivity index (χ4n) is 2.60. The largest absolute Gasteiger partial charge is 0.428 e. The van der Waals surface area contributed by atoms with Crippen molar-refractivity contribution in [3.05, 3.63) is 77.4 Å². The van der Waals surface area contributed by atoms with Crippen molar-refractivity contribution in [1.82, 2.24) is 0 Å². The third-order valence-corrected chi connectivity index (χ3v) is 3.65. The number of esters is 1. The molecule has 2 aromatic rings. The minimum atomic E-state index is -0.965. The second-order valence-corrected chi connectivity index (χ2v) is 4.98. The van der Waals surface area contributed by atoms with Gasteiger partial charge in [-0.2, -0.15) is 0 Å². The van der Waals surface area contributed by atoms with Crippen LogP contribution in [-0.4, -0.2) is 24.5 Å². The van der Waals surface area contributed by atoms with Gasteiger partial charge in [0.15, 0.2) is 0 Å². The lowest BCUT2D eigenvalue weighted by molar-refractivity contribution is -0.155. The number of rotatable bonds is 4. The Morgan fingerprint density at radius 3 is 2.23 bits per heavy atom. The summed E-state index contributed by atoms with van der Waals surface area (Å²) < 4.78 is 10.5. The SMILES string of the molecule is CO[C@H]1OC(=O)C(c2ccccc2)=C1[C@@H](O)c1ccccc1. The zero-order valence-electron chi connectivity index (χ0n) is 12.1. The number of aliphatic hydroxyl groups excluding tert-OH is 1. The molecule has 0 amide bonds. The highest BCUT2D eigenvalue weighted by atomic mass is 16.7. The highest BCUT2D eigenvalue weighted by molar-refractivity contribution is 6.19. The summed E-state index contributed by atoms with van der Waals surface area (Å²) in [6.45, 7) is 0. The van der Waals surface area contributed by atoms with Gasteiger partial charge in [0.25, 0.3) is 0 Å². The number of ether oxygens (including phenoxy) is 2. The third-order valence-electron chi connectivity index (χ3n) is 3.65. The monoisotopic (exact) mass is 296 g/mol. The summed E-state index contributed by atoms with van der Waals surface area (Å²) in [6, 6.07) is 18.3. The van der Waals surface area contributed by atoms with Gasteiger partial charge < -0.3 is 14.6 Å². The van der Waals surface area contributed by atoms with Crippen molar-refractivity contribution in [2.75, 3.05) is 7.11 Å². The summed E-state index contributed by atoms with van der Waals surface area (Å²) >= 11 is 0. The normalized spacial score (nSPS) is 19.2. The smallest absolute Gasteiger partial charge is 0.341 e. The van der Waals surface area contributed by atoms with Gasteiger partial charge in [-0.15, -0.1) is 0 Å². The fraction of sp³-hybridized carbons (Fsp3) is 0.167. The molecule has 0 spiro atoms. The van der Waals surface area contributed by atoms with Crippen molar-refractivity contribution in [2.24, 2.45) is 0 Å². The van der Waals surface area contributed by atoms with E-state index in [1.807, 2.05) is 48.5 Å². The molecule has 0 aliphatic carbocycles. The van der Waals surface area contributed by atoms with E-state index in [2.05, 4.69) is 0 Å². The van der Waals surface area contributed by atoms with Gasteiger partial charge in [0.05, 0.1) is 5.57 Å². The van der Waals surface area contributed by atoms with Gasteiger partial charge in [-0.1, -0.05) is 60.7 Å². The van der Waals surface area contributed by atoms with Crippen LogP contribution in [0.15, 0.2) is 66.2 Å². The van der Waals surface area contributed by atoms with Crippen molar-refractivity contribution in [3.63, 3.8) is 0 Å². The van der Waals surface area contributed by atoms with Gasteiger partial charge in [-0.05, 0) is 11.1 Å². The van der Waals surface area contributed by atoms with E-state index < -0.39 is 18.4 Å². The Kier molecular flexibility index (Phi) is 4.04. The second-order valence-electron chi connectivity index (χ2n) is 4.98. The molecular formula is C18H16O4. The van der Waals surface area contributed by atoms with E-state index in [9.17, 15) is 9.90 Å². The molecule has 1 N–H and O–H groups in total. The summed E-state index contributed by atoms with van der Waals surface area (Å²) in [5.41, 5.74) is 2.19. The minimum Gasteiger partial charge on any atom is -0.428 e. The average Bonchev–Trinajstić information content (AvgIpc) is 2.92. The molecule has 4 nitrogen and oxygen atoms in total. The third kappa shape index (κ3) is 2.54. The van der Waals surface area contributed by atoms with Crippen molar-refractivity contribution < 1.29 is 19.4 Å². The molecule has 2 atom stereocenters. The number of cyclic esters (lactones) is 1. The molecule has 2 aromatic carbocycles. The molecule has 1 aliphatic heterocycles. The van der Waals surface area contributed by atoms with E-state index in [0.29, 0.717) is 22.3 Å². The predicted molar refractivity (Wildman–Crippen MR) is 81.7 cm³/mol. The van der Waals surface area contributed by atoms with Gasteiger partial charge in [-0.25, -0.2) is 4.79 Å². The standard InChI is InChI=1S/C18H16O4/c1-21-18-15(16(19)13-10-6-3-7-11-13)14(17(20)22-18)12-8-4-2-5-9-12/h2-11,16,18-19H,1H3/t16-,18-/m0/s1. The minimum absolute atomic E-state index is 0.365. The van der Waals surface area contributed by atoms with Gasteiger partial charge in [0.1, 0.15) is 6.10 Å². The molecule has 112 valence electrons. The fourth-order valence-corrected chi connectivity index (χ4v) is 2.60. The van der Waals surface area contributed by atoms with E-state index in [-0.39, 0.29) is 0 Å². The molecule has 0 aromatic heterocycles. The zero-order valence-corrected chi connectivity index (χ0v) is 12.1. The molecule has 0 fully saturated rings. The first-order chi connectivity index (χ1) is 10.7. The lowest BCUT2D eigenvalue weighted by Crippen LogP contribution is -2.18. The summed E-state index contributed by atoms with van der Waals surface area (Å²) in [6.07, 6.45) is -1.84. The topological polar surface area (TPSA) is 55.8 Å². The van der Waals surface area contributed by atoms with Crippen LogP contribution < -0.4 is 0 Å². The first kappa shape index (κ1) is 14.5. The van der Waals surface area contributed by atoms with Crippen LogP contribution in [-0.2, 0) is 14.3 Å². The summed E-state index contributed by atoms with van der Waals surface area (Å²) in [5.74, 6) is -0.483. The van der Waals surface area contributed by atoms with Crippen molar-refractivity contribution >= 4 is 11.5 Å². The summed E-state index contributed by atoms with van der Waals surface area (Å²) in [4.78, 5) is 12.2. The van der Waals surface area contributed by atoms with Crippen LogP contribution in [0.3, 0.4) is 0 Å². The van der Waals surface area contributed by atoms with E-state index in [1.165, 1.54) is 7.11 Å². The van der Waals surface area contributed by atoms with Gasteiger partial charge in [0.2, 0.25) is 6.29 Å². The average molecular weight is 296 g/mol. The molecule has 3 rings (SSSR count). The van der Waals surface area contributed by atoms with Gasteiger partial charge >= 0.3 is 5.97 Å². The summed E-state index contributed by atoms with van der Waals surface area (Å²) in [7, 11) is 1.45. The maximum Gasteiger partial charge on any atom is 0.341 e. The Balaban J connectivity index is 2.13. The number of carbonyl (C=O) groups is 1. The van der Waals surface area contributed by atoms with Crippen LogP contribution in [0.5, 0.6) is 0 Å². The van der Waals surface area contributed by atoms with E-state index in [0.717, 1.165) is 0 Å². The van der Waals surface area contributed by atoms with Gasteiger partial charge in [0, 0.05) is 12.7 Å². The number of aliphatic hydroxyl groups is 1. The Hall–Kier alpha value is -2.43. The Bertz CT molecular complexity index is 692. The molecule has 0 bridgehead atoms. The molecule has 0 saturated carbocycles. The van der Waals surface area contributed by atoms with Crippen molar-refractivity contribution in [3.8, 4) is 0 Å². The molecule has 0 unspecified atom stereocenters. The molecule has 4 heteroatoms. The Morgan fingerprint density at radius 1 is 1.05 bits per heavy atom. The number of hydrogen-bond acceptors (Lipinski definition) is 4. The molecule has 0 saturated heterocycles. The predicted octanol–water partition coefficient (Wildman–Crippen LogP) is 2.70.